The van der Waals surface area contributed by atoms with Crippen molar-refractivity contribution in [2.45, 2.75) is 117 Å². The Labute approximate surface area is 420 Å². The van der Waals surface area contributed by atoms with Gasteiger partial charge >= 0.3 is 5.97 Å². The number of nitrogens with two attached hydrogens (primary N) is 1. The van der Waals surface area contributed by atoms with Gasteiger partial charge in [-0.05, 0) is 103 Å². The first-order valence-electron chi connectivity index (χ1n) is 25.0. The van der Waals surface area contributed by atoms with E-state index in [9.17, 15) is 24.0 Å². The Bertz CT molecular complexity index is 3140. The van der Waals surface area contributed by atoms with E-state index in [0.29, 0.717) is 114 Å². The summed E-state index contributed by atoms with van der Waals surface area (Å²) in [6, 6.07) is 9.60. The number of rotatable bonds is 11. The first kappa shape index (κ1) is 49.0. The van der Waals surface area contributed by atoms with E-state index >= 15 is 0 Å². The van der Waals surface area contributed by atoms with Crippen LogP contribution in [-0.2, 0) is 40.4 Å². The number of ether oxygens (including phenoxy) is 4. The number of primary amides is 1. The third-order valence-electron chi connectivity index (χ3n) is 14.4. The molecule has 5 N–H and O–H groups in total. The van der Waals surface area contributed by atoms with Crippen LogP contribution in [0.2, 0.25) is 0 Å². The van der Waals surface area contributed by atoms with Crippen LogP contribution >= 0.6 is 0 Å². The lowest BCUT2D eigenvalue weighted by atomic mass is 9.86. The number of nitrogens with one attached hydrogen (secondary N) is 3. The zero-order valence-corrected chi connectivity index (χ0v) is 41.7. The van der Waals surface area contributed by atoms with Gasteiger partial charge in [0.15, 0.2) is 0 Å². The van der Waals surface area contributed by atoms with E-state index in [-0.39, 0.29) is 79.7 Å². The smallest absolute Gasteiger partial charge is 0.308 e. The van der Waals surface area contributed by atoms with E-state index in [1.54, 1.807) is 45.8 Å². The van der Waals surface area contributed by atoms with Gasteiger partial charge in [0.1, 0.15) is 47.1 Å². The highest BCUT2D eigenvalue weighted by atomic mass is 16.5. The molecule has 4 amide bonds. The van der Waals surface area contributed by atoms with Crippen LogP contribution in [0.15, 0.2) is 48.6 Å². The van der Waals surface area contributed by atoms with Gasteiger partial charge in [-0.1, -0.05) is 12.2 Å². The maximum atomic E-state index is 14.3. The van der Waals surface area contributed by atoms with Crippen molar-refractivity contribution in [1.82, 2.24) is 48.9 Å². The number of benzene rings is 2. The van der Waals surface area contributed by atoms with E-state index in [1.807, 2.05) is 49.0 Å². The van der Waals surface area contributed by atoms with E-state index in [4.69, 9.17) is 34.6 Å². The normalized spacial score (nSPS) is 21.6. The third kappa shape index (κ3) is 9.75. The number of anilines is 2. The maximum absolute atomic E-state index is 14.3. The molecule has 2 unspecified atom stereocenters. The highest BCUT2D eigenvalue weighted by molar-refractivity contribution is 6.05. The number of imidazole rings is 2. The second-order valence-electron chi connectivity index (χ2n) is 19.2. The molecule has 4 aliphatic rings. The minimum atomic E-state index is -0.680. The summed E-state index contributed by atoms with van der Waals surface area (Å²) in [6.07, 6.45) is 8.01. The van der Waals surface area contributed by atoms with Crippen molar-refractivity contribution in [3.8, 4) is 11.5 Å². The molecule has 2 bridgehead atoms. The first-order chi connectivity index (χ1) is 35.3. The molecule has 22 heteroatoms. The number of hydrogen-bond acceptors (Lipinski definition) is 14. The summed E-state index contributed by atoms with van der Waals surface area (Å²) < 4.78 is 31.7. The quantitative estimate of drug-likeness (QED) is 0.101. The number of methoxy groups -OCH3 is 1. The van der Waals surface area contributed by atoms with Gasteiger partial charge in [-0.25, -0.2) is 9.97 Å². The standard InChI is InChI=1S/C51H61N13O9/c1-6-62-39(18-28(3)58-62)47(67)56-50-54-37-20-31(45(52)65)22-41-43(37)60(50)16-8-9-17-61-44-38(55-51(61)57-48(68)40-19-29(4)59-63(40)7-2)21-32(46(66)53-33-12-10-30(11-13-33)49(69)70-5)23-42(44)73-27-36(26-72-41)64-34-14-15-35(64)25-71-24-34/h8-9,18-23,30,33-36H,6-7,10-17,24-27H2,1-5H3,(H2,52,65)(H,53,66)(H,54,56,67)(H,55,57,68)/b9-8+/t30-,33-,34?,35?,36-/m0/s1. The first-order valence-corrected chi connectivity index (χ1v) is 25.0. The molecule has 3 atom stereocenters. The summed E-state index contributed by atoms with van der Waals surface area (Å²) in [6.45, 7) is 9.94. The zero-order valence-electron chi connectivity index (χ0n) is 41.7. The number of allylic oxidation sites excluding steroid dienone is 2. The Morgan fingerprint density at radius 3 is 1.66 bits per heavy atom. The number of aromatic nitrogens is 8. The lowest BCUT2D eigenvalue weighted by Crippen LogP contribution is -2.55. The van der Waals surface area contributed by atoms with Crippen LogP contribution in [0.5, 0.6) is 11.5 Å². The van der Waals surface area contributed by atoms with Gasteiger partial charge in [-0.3, -0.25) is 48.9 Å². The van der Waals surface area contributed by atoms with Crippen molar-refractivity contribution in [3.05, 3.63) is 82.5 Å². The summed E-state index contributed by atoms with van der Waals surface area (Å²) >= 11 is 0. The summed E-state index contributed by atoms with van der Waals surface area (Å²) in [5.74, 6) is -1.24. The van der Waals surface area contributed by atoms with Crippen molar-refractivity contribution < 1.29 is 42.9 Å². The number of morpholine rings is 1. The SMILES string of the molecule is CCn1nc(C)cc1C(=O)Nc1nc2cc(C(N)=O)cc3c2n1C/C=C/Cn1c(NC(=O)c2cc(C)nn2CC)nc2cc(C(=O)N[C@H]4CC[C@H](C(=O)OC)CC4)cc(c21)OC[C@@H](N1C2CCC1COC2)CO3. The fourth-order valence-electron chi connectivity index (χ4n) is 10.9. The molecular formula is C51H61N13O9. The summed E-state index contributed by atoms with van der Waals surface area (Å²) in [7, 11) is 1.39. The van der Waals surface area contributed by atoms with Crippen molar-refractivity contribution in [2.75, 3.05) is 44.2 Å². The number of nitrogens with zero attached hydrogens (tertiary/aromatic N) is 9. The molecule has 384 valence electrons. The predicted octanol–water partition coefficient (Wildman–Crippen LogP) is 4.76. The van der Waals surface area contributed by atoms with Crippen molar-refractivity contribution in [3.63, 3.8) is 0 Å². The number of amides is 4. The Morgan fingerprint density at radius 2 is 1.16 bits per heavy atom. The van der Waals surface area contributed by atoms with E-state index < -0.39 is 23.8 Å². The molecule has 2 saturated heterocycles. The Balaban J connectivity index is 1.09. The molecule has 1 saturated carbocycles. The van der Waals surface area contributed by atoms with Crippen LogP contribution in [0.1, 0.15) is 105 Å². The van der Waals surface area contributed by atoms with Gasteiger partial charge in [-0.2, -0.15) is 10.2 Å². The van der Waals surface area contributed by atoms with Crippen LogP contribution in [0.4, 0.5) is 11.9 Å². The third-order valence-corrected chi connectivity index (χ3v) is 14.4. The molecule has 73 heavy (non-hydrogen) atoms. The van der Waals surface area contributed by atoms with E-state index in [2.05, 4.69) is 31.0 Å². The molecule has 3 fully saturated rings. The van der Waals surface area contributed by atoms with Crippen molar-refractivity contribution in [1.29, 1.82) is 0 Å². The van der Waals surface area contributed by atoms with Crippen molar-refractivity contribution >= 4 is 63.6 Å². The average Bonchev–Trinajstić information content (AvgIpc) is 4.19. The lowest BCUT2D eigenvalue weighted by Gasteiger charge is -2.40. The molecule has 22 nitrogen and oxygen atoms in total. The second kappa shape index (κ2) is 20.5. The molecule has 7 heterocycles. The van der Waals surface area contributed by atoms with Gasteiger partial charge < -0.3 is 39.1 Å². The molecule has 6 aromatic rings. The van der Waals surface area contributed by atoms with E-state index in [0.717, 1.165) is 12.8 Å². The Hall–Kier alpha value is -7.59. The largest absolute Gasteiger partial charge is 0.490 e. The zero-order chi connectivity index (χ0) is 51.1. The highest BCUT2D eigenvalue weighted by Crippen LogP contribution is 2.37. The molecular weight excluding hydrogens is 939 g/mol. The monoisotopic (exact) mass is 999 g/mol. The fourth-order valence-corrected chi connectivity index (χ4v) is 10.9. The molecule has 0 spiro atoms. The minimum absolute atomic E-state index is 0.0747. The summed E-state index contributed by atoms with van der Waals surface area (Å²) in [5.41, 5.74) is 10.3. The Morgan fingerprint density at radius 1 is 0.658 bits per heavy atom. The van der Waals surface area contributed by atoms with Crippen LogP contribution in [-0.4, -0.2) is 131 Å². The number of esters is 1. The topological polar surface area (TPSA) is 259 Å². The lowest BCUT2D eigenvalue weighted by molar-refractivity contribution is -0.146. The van der Waals surface area contributed by atoms with Crippen LogP contribution in [0, 0.1) is 19.8 Å². The molecule has 10 rings (SSSR count). The van der Waals surface area contributed by atoms with Crippen LogP contribution in [0.25, 0.3) is 22.1 Å². The number of carbonyl (C=O) groups is 5. The van der Waals surface area contributed by atoms with Gasteiger partial charge in [0.25, 0.3) is 17.7 Å². The number of fused-ring (bicyclic) bond motifs is 2. The van der Waals surface area contributed by atoms with Gasteiger partial charge in [-0.15, -0.1) is 0 Å². The van der Waals surface area contributed by atoms with E-state index in [1.165, 1.54) is 7.11 Å². The summed E-state index contributed by atoms with van der Waals surface area (Å²) in [4.78, 5) is 79.9. The maximum Gasteiger partial charge on any atom is 0.308 e. The Kier molecular flexibility index (Phi) is 13.8. The van der Waals surface area contributed by atoms with Gasteiger partial charge in [0, 0.05) is 55.4 Å². The van der Waals surface area contributed by atoms with Crippen LogP contribution < -0.4 is 31.2 Å². The fraction of sp³-hybridized carbons (Fsp3) is 0.471. The summed E-state index contributed by atoms with van der Waals surface area (Å²) in [5, 5.41) is 18.2. The second-order valence-corrected chi connectivity index (χ2v) is 19.2. The number of carbonyl (C=O) groups excluding carboxylic acids is 5. The number of hydrogen-bond donors (Lipinski definition) is 4. The highest BCUT2D eigenvalue weighted by Gasteiger charge is 2.42. The molecule has 1 aliphatic carbocycles. The number of aryl methyl sites for hydroxylation is 4. The van der Waals surface area contributed by atoms with Gasteiger partial charge in [0.05, 0.1) is 54.7 Å². The van der Waals surface area contributed by atoms with Crippen molar-refractivity contribution in [2.24, 2.45) is 11.7 Å². The molecule has 4 aromatic heterocycles. The molecule has 0 radical (unpaired) electrons. The minimum Gasteiger partial charge on any atom is -0.490 e. The van der Waals surface area contributed by atoms with Gasteiger partial charge in [0.2, 0.25) is 17.8 Å². The predicted molar refractivity (Wildman–Crippen MR) is 268 cm³/mol. The molecule has 3 aliphatic heterocycles. The van der Waals surface area contributed by atoms with Crippen LogP contribution in [0.3, 0.4) is 0 Å². The average molecular weight is 1000 g/mol. The molecule has 2 aromatic carbocycles.